The number of ether oxygens (including phenoxy) is 2. The van der Waals surface area contributed by atoms with E-state index in [-0.39, 0.29) is 41.8 Å². The van der Waals surface area contributed by atoms with E-state index in [9.17, 15) is 14.4 Å². The standard InChI is InChI=1S/C27H29NO5/c1-25(2,3)22(29)28-20-18(26(20,23(30)32-4)16-12-8-6-9-13-16)19-21(28)27(19,24(31)33-5)17-14-10-7-11-15-17/h6-15,18-21H,1-5H3/t18-,19+,20+,21-,26+,27-. The first kappa shape index (κ1) is 21.7. The van der Waals surface area contributed by atoms with Gasteiger partial charge in [-0.05, 0) is 11.1 Å². The Kier molecular flexibility index (Phi) is 4.55. The van der Waals surface area contributed by atoms with E-state index in [0.717, 1.165) is 11.1 Å². The number of carbonyl (C=O) groups excluding carboxylic acids is 3. The monoisotopic (exact) mass is 447 g/mol. The van der Waals surface area contributed by atoms with Crippen LogP contribution >= 0.6 is 0 Å². The van der Waals surface area contributed by atoms with Gasteiger partial charge in [0, 0.05) is 17.3 Å². The highest BCUT2D eigenvalue weighted by Gasteiger charge is 2.94. The van der Waals surface area contributed by atoms with E-state index in [1.165, 1.54) is 14.2 Å². The first-order valence-electron chi connectivity index (χ1n) is 11.3. The van der Waals surface area contributed by atoms with Crippen LogP contribution in [0.4, 0.5) is 0 Å². The fraction of sp³-hybridized carbons (Fsp3) is 0.444. The molecule has 172 valence electrons. The average molecular weight is 448 g/mol. The highest BCUT2D eigenvalue weighted by molar-refractivity contribution is 5.99. The summed E-state index contributed by atoms with van der Waals surface area (Å²) in [5, 5.41) is 0. The molecule has 33 heavy (non-hydrogen) atoms. The Bertz CT molecular complexity index is 1050. The second kappa shape index (κ2) is 6.92. The molecule has 5 rings (SSSR count). The van der Waals surface area contributed by atoms with Gasteiger partial charge in [-0.3, -0.25) is 14.4 Å². The van der Waals surface area contributed by atoms with E-state index >= 15 is 0 Å². The quantitative estimate of drug-likeness (QED) is 0.674. The third-order valence-electron chi connectivity index (χ3n) is 7.86. The van der Waals surface area contributed by atoms with Crippen molar-refractivity contribution in [2.75, 3.05) is 14.2 Å². The Labute approximate surface area is 193 Å². The lowest BCUT2D eigenvalue weighted by molar-refractivity contribution is -0.147. The van der Waals surface area contributed by atoms with Crippen molar-refractivity contribution in [3.8, 4) is 0 Å². The molecule has 1 heterocycles. The minimum atomic E-state index is -0.997. The zero-order valence-corrected chi connectivity index (χ0v) is 19.6. The molecule has 1 saturated heterocycles. The molecule has 1 aliphatic heterocycles. The zero-order chi connectivity index (χ0) is 23.8. The first-order valence-corrected chi connectivity index (χ1v) is 11.3. The van der Waals surface area contributed by atoms with Crippen molar-refractivity contribution >= 4 is 17.8 Å². The molecule has 0 aromatic heterocycles. The Morgan fingerprint density at radius 1 is 0.727 bits per heavy atom. The van der Waals surface area contributed by atoms with Crippen LogP contribution in [-0.4, -0.2) is 49.0 Å². The number of piperidine rings is 2. The van der Waals surface area contributed by atoms with Gasteiger partial charge in [-0.2, -0.15) is 0 Å². The Morgan fingerprint density at radius 3 is 1.39 bits per heavy atom. The number of hydrogen-bond acceptors (Lipinski definition) is 5. The van der Waals surface area contributed by atoms with E-state index in [1.54, 1.807) is 0 Å². The molecule has 6 atom stereocenters. The normalized spacial score (nSPS) is 33.5. The molecule has 3 fully saturated rings. The van der Waals surface area contributed by atoms with Crippen LogP contribution in [0.25, 0.3) is 0 Å². The van der Waals surface area contributed by atoms with Crippen LogP contribution in [0.15, 0.2) is 60.7 Å². The molecule has 3 aliphatic rings. The number of amides is 1. The van der Waals surface area contributed by atoms with Gasteiger partial charge in [0.05, 0.1) is 26.3 Å². The third-order valence-corrected chi connectivity index (χ3v) is 7.86. The van der Waals surface area contributed by atoms with Crippen LogP contribution in [-0.2, 0) is 34.7 Å². The van der Waals surface area contributed by atoms with E-state index in [0.29, 0.717) is 0 Å². The van der Waals surface area contributed by atoms with Crippen molar-refractivity contribution in [2.45, 2.75) is 43.7 Å². The van der Waals surface area contributed by atoms with Crippen LogP contribution in [0.3, 0.4) is 0 Å². The number of fused-ring (bicyclic) bond motifs is 3. The second-order valence-corrected chi connectivity index (χ2v) is 10.4. The Balaban J connectivity index is 1.72. The summed E-state index contributed by atoms with van der Waals surface area (Å²) < 4.78 is 10.6. The first-order chi connectivity index (χ1) is 15.7. The summed E-state index contributed by atoms with van der Waals surface area (Å²) in [6.45, 7) is 5.60. The smallest absolute Gasteiger partial charge is 0.318 e. The molecule has 0 N–H and O–H groups in total. The molecular formula is C27H29NO5. The van der Waals surface area contributed by atoms with Crippen molar-refractivity contribution in [3.63, 3.8) is 0 Å². The van der Waals surface area contributed by atoms with Crippen LogP contribution < -0.4 is 0 Å². The number of carbonyl (C=O) groups is 3. The molecule has 2 aromatic rings. The molecule has 2 aliphatic carbocycles. The fourth-order valence-electron chi connectivity index (χ4n) is 6.59. The number of rotatable bonds is 4. The van der Waals surface area contributed by atoms with E-state index in [2.05, 4.69) is 0 Å². The predicted molar refractivity (Wildman–Crippen MR) is 121 cm³/mol. The van der Waals surface area contributed by atoms with Crippen LogP contribution in [0.2, 0.25) is 0 Å². The van der Waals surface area contributed by atoms with Gasteiger partial charge in [0.25, 0.3) is 0 Å². The maximum atomic E-state index is 13.8. The lowest BCUT2D eigenvalue weighted by Crippen LogP contribution is -2.49. The molecule has 0 radical (unpaired) electrons. The molecule has 6 heteroatoms. The van der Waals surface area contributed by atoms with Crippen LogP contribution in [0.5, 0.6) is 0 Å². The summed E-state index contributed by atoms with van der Waals surface area (Å²) >= 11 is 0. The summed E-state index contributed by atoms with van der Waals surface area (Å²) in [5.41, 5.74) is -1.04. The van der Waals surface area contributed by atoms with Crippen molar-refractivity contribution in [3.05, 3.63) is 71.8 Å². The number of likely N-dealkylation sites (tertiary alicyclic amines) is 1. The lowest BCUT2D eigenvalue weighted by Gasteiger charge is -2.33. The van der Waals surface area contributed by atoms with Gasteiger partial charge in [-0.25, -0.2) is 0 Å². The van der Waals surface area contributed by atoms with Gasteiger partial charge in [-0.1, -0.05) is 81.4 Å². The number of hydrogen-bond donors (Lipinski definition) is 0. The van der Waals surface area contributed by atoms with E-state index < -0.39 is 16.2 Å². The molecule has 0 bridgehead atoms. The fourth-order valence-corrected chi connectivity index (χ4v) is 6.59. The predicted octanol–water partition coefficient (Wildman–Crippen LogP) is 3.09. The highest BCUT2D eigenvalue weighted by Crippen LogP contribution is 2.80. The second-order valence-electron chi connectivity index (χ2n) is 10.4. The maximum absolute atomic E-state index is 13.8. The summed E-state index contributed by atoms with van der Waals surface area (Å²) in [6.07, 6.45) is 0. The van der Waals surface area contributed by atoms with Gasteiger partial charge in [0.15, 0.2) is 0 Å². The molecule has 0 unspecified atom stereocenters. The molecule has 2 saturated carbocycles. The van der Waals surface area contributed by atoms with E-state index in [1.807, 2.05) is 86.3 Å². The molecule has 1 amide bonds. The molecule has 6 nitrogen and oxygen atoms in total. The van der Waals surface area contributed by atoms with Crippen LogP contribution in [0, 0.1) is 17.3 Å². The van der Waals surface area contributed by atoms with E-state index in [4.69, 9.17) is 9.47 Å². The molecule has 0 spiro atoms. The van der Waals surface area contributed by atoms with Crippen molar-refractivity contribution in [1.29, 1.82) is 0 Å². The molecular weight excluding hydrogens is 418 g/mol. The number of benzene rings is 2. The summed E-state index contributed by atoms with van der Waals surface area (Å²) in [4.78, 5) is 42.5. The largest absolute Gasteiger partial charge is 0.468 e. The summed E-state index contributed by atoms with van der Waals surface area (Å²) in [6, 6.07) is 18.3. The molecule has 2 aromatic carbocycles. The van der Waals surface area contributed by atoms with Gasteiger partial charge < -0.3 is 14.4 Å². The average Bonchev–Trinajstić information content (AvgIpc) is 3.66. The number of nitrogens with zero attached hydrogens (tertiary/aromatic N) is 1. The zero-order valence-electron chi connectivity index (χ0n) is 19.6. The Hall–Kier alpha value is -3.15. The SMILES string of the molecule is COC(=O)[C@]1(c2ccccc2)[C@H]2[C@@H]3[C@H](N(C(=O)C(C)(C)C)[C@H]21)[C@]3(C(=O)OC)c1ccccc1. The minimum absolute atomic E-state index is 0.0755. The van der Waals surface area contributed by atoms with Crippen LogP contribution in [0.1, 0.15) is 31.9 Å². The van der Waals surface area contributed by atoms with Crippen molar-refractivity contribution in [2.24, 2.45) is 17.3 Å². The maximum Gasteiger partial charge on any atom is 0.318 e. The van der Waals surface area contributed by atoms with Gasteiger partial charge in [0.1, 0.15) is 10.8 Å². The van der Waals surface area contributed by atoms with Gasteiger partial charge >= 0.3 is 11.9 Å². The number of esters is 2. The number of methoxy groups -OCH3 is 2. The third kappa shape index (κ3) is 2.52. The van der Waals surface area contributed by atoms with Crippen molar-refractivity contribution in [1.82, 2.24) is 4.90 Å². The van der Waals surface area contributed by atoms with Crippen molar-refractivity contribution < 1.29 is 23.9 Å². The Morgan fingerprint density at radius 2 is 1.09 bits per heavy atom. The minimum Gasteiger partial charge on any atom is -0.468 e. The summed E-state index contributed by atoms with van der Waals surface area (Å²) in [7, 11) is 2.76. The van der Waals surface area contributed by atoms with Gasteiger partial charge in [0.2, 0.25) is 5.91 Å². The highest BCUT2D eigenvalue weighted by atomic mass is 16.5. The topological polar surface area (TPSA) is 72.9 Å². The summed E-state index contributed by atoms with van der Waals surface area (Å²) in [5.74, 6) is -1.28. The van der Waals surface area contributed by atoms with Gasteiger partial charge in [-0.15, -0.1) is 0 Å². The lowest BCUT2D eigenvalue weighted by atomic mass is 9.87.